The minimum atomic E-state index is -0.340. The Morgan fingerprint density at radius 3 is 2.41 bits per heavy atom. The molecule has 5 heteroatoms. The van der Waals surface area contributed by atoms with E-state index >= 15 is 0 Å². The van der Waals surface area contributed by atoms with E-state index in [0.717, 1.165) is 11.3 Å². The number of thiocarbonyl (C=S) groups is 1. The van der Waals surface area contributed by atoms with E-state index in [-0.39, 0.29) is 17.4 Å². The first-order chi connectivity index (χ1) is 12.7. The Labute approximate surface area is 167 Å². The van der Waals surface area contributed by atoms with Gasteiger partial charge in [0.2, 0.25) is 0 Å². The van der Waals surface area contributed by atoms with Gasteiger partial charge >= 0.3 is 5.97 Å². The maximum atomic E-state index is 11.8. The Kier molecular flexibility index (Phi) is 6.97. The van der Waals surface area contributed by atoms with Crippen LogP contribution in [0.3, 0.4) is 0 Å². The molecule has 0 heterocycles. The van der Waals surface area contributed by atoms with Crippen molar-refractivity contribution >= 4 is 29.0 Å². The highest BCUT2D eigenvalue weighted by molar-refractivity contribution is 7.80. The number of esters is 1. The minimum absolute atomic E-state index is 0.0623. The van der Waals surface area contributed by atoms with Crippen molar-refractivity contribution in [1.29, 1.82) is 0 Å². The molecule has 2 rings (SSSR count). The topological polar surface area (TPSA) is 50.4 Å². The van der Waals surface area contributed by atoms with Gasteiger partial charge in [-0.3, -0.25) is 0 Å². The van der Waals surface area contributed by atoms with Crippen LogP contribution >= 0.6 is 12.2 Å². The summed E-state index contributed by atoms with van der Waals surface area (Å²) in [6.07, 6.45) is 0. The molecule has 0 aromatic heterocycles. The molecule has 0 aliphatic heterocycles. The zero-order valence-electron chi connectivity index (χ0n) is 16.6. The Morgan fingerprint density at radius 1 is 1.15 bits per heavy atom. The fourth-order valence-corrected chi connectivity index (χ4v) is 2.95. The van der Waals surface area contributed by atoms with Crippen molar-refractivity contribution in [2.75, 3.05) is 11.9 Å². The fourth-order valence-electron chi connectivity index (χ4n) is 2.66. The smallest absolute Gasteiger partial charge is 0.338 e. The van der Waals surface area contributed by atoms with Crippen LogP contribution in [0.15, 0.2) is 48.5 Å². The molecule has 0 aliphatic rings. The molecule has 0 fully saturated rings. The fraction of sp³-hybridized carbons (Fsp3) is 0.364. The van der Waals surface area contributed by atoms with E-state index in [2.05, 4.69) is 62.6 Å². The SMILES string of the molecule is CCOC(=O)c1cccc(NC(=S)NC(C)c2ccc(C(C)(C)C)cc2)c1. The van der Waals surface area contributed by atoms with Gasteiger partial charge in [0.15, 0.2) is 5.11 Å². The first kappa shape index (κ1) is 20.9. The van der Waals surface area contributed by atoms with Gasteiger partial charge in [-0.05, 0) is 60.8 Å². The summed E-state index contributed by atoms with van der Waals surface area (Å²) in [4.78, 5) is 11.8. The van der Waals surface area contributed by atoms with Gasteiger partial charge in [0.25, 0.3) is 0 Å². The molecule has 2 N–H and O–H groups in total. The molecular weight excluding hydrogens is 356 g/mol. The first-order valence-corrected chi connectivity index (χ1v) is 9.56. The molecule has 27 heavy (non-hydrogen) atoms. The number of carbonyl (C=O) groups excluding carboxylic acids is 1. The Morgan fingerprint density at radius 2 is 1.81 bits per heavy atom. The van der Waals surface area contributed by atoms with Crippen LogP contribution in [0, 0.1) is 0 Å². The van der Waals surface area contributed by atoms with Gasteiger partial charge in [-0.15, -0.1) is 0 Å². The van der Waals surface area contributed by atoms with Crippen molar-refractivity contribution < 1.29 is 9.53 Å². The quantitative estimate of drug-likeness (QED) is 0.547. The van der Waals surface area contributed by atoms with E-state index in [1.54, 1.807) is 25.1 Å². The molecule has 0 aliphatic carbocycles. The van der Waals surface area contributed by atoms with Gasteiger partial charge in [-0.1, -0.05) is 51.1 Å². The summed E-state index contributed by atoms with van der Waals surface area (Å²) in [7, 11) is 0. The second-order valence-corrected chi connectivity index (χ2v) is 7.90. The van der Waals surface area contributed by atoms with Crippen molar-refractivity contribution in [2.24, 2.45) is 0 Å². The third-order valence-electron chi connectivity index (χ3n) is 4.26. The molecule has 0 saturated heterocycles. The number of benzene rings is 2. The molecule has 0 spiro atoms. The molecule has 2 aromatic rings. The third-order valence-corrected chi connectivity index (χ3v) is 4.48. The summed E-state index contributed by atoms with van der Waals surface area (Å²) in [5.41, 5.74) is 3.84. The lowest BCUT2D eigenvalue weighted by molar-refractivity contribution is 0.0526. The third kappa shape index (κ3) is 6.07. The highest BCUT2D eigenvalue weighted by Crippen LogP contribution is 2.24. The molecule has 2 aromatic carbocycles. The van der Waals surface area contributed by atoms with Crippen LogP contribution in [0.1, 0.15) is 62.1 Å². The summed E-state index contributed by atoms with van der Waals surface area (Å²) in [6, 6.07) is 15.7. The number of hydrogen-bond donors (Lipinski definition) is 2. The van der Waals surface area contributed by atoms with Crippen LogP contribution in [0.5, 0.6) is 0 Å². The maximum Gasteiger partial charge on any atom is 0.338 e. The lowest BCUT2D eigenvalue weighted by atomic mass is 9.86. The second kappa shape index (κ2) is 9.00. The molecule has 144 valence electrons. The monoisotopic (exact) mass is 384 g/mol. The van der Waals surface area contributed by atoms with Gasteiger partial charge in [0, 0.05) is 5.69 Å². The summed E-state index contributed by atoms with van der Waals surface area (Å²) in [5, 5.41) is 6.91. The number of anilines is 1. The van der Waals surface area contributed by atoms with E-state index in [0.29, 0.717) is 17.3 Å². The number of nitrogens with one attached hydrogen (secondary N) is 2. The Hall–Kier alpha value is -2.40. The van der Waals surface area contributed by atoms with E-state index < -0.39 is 0 Å². The molecule has 4 nitrogen and oxygen atoms in total. The van der Waals surface area contributed by atoms with Crippen molar-refractivity contribution in [3.63, 3.8) is 0 Å². The second-order valence-electron chi connectivity index (χ2n) is 7.49. The predicted octanol–water partition coefficient (Wildman–Crippen LogP) is 5.21. The van der Waals surface area contributed by atoms with Crippen molar-refractivity contribution in [2.45, 2.75) is 46.1 Å². The normalized spacial score (nSPS) is 12.2. The average molecular weight is 385 g/mol. The van der Waals surface area contributed by atoms with E-state index in [1.807, 2.05) is 6.07 Å². The number of ether oxygens (including phenoxy) is 1. The van der Waals surface area contributed by atoms with E-state index in [9.17, 15) is 4.79 Å². The summed E-state index contributed by atoms with van der Waals surface area (Å²) >= 11 is 5.42. The molecular formula is C22H28N2O2S. The molecule has 1 atom stereocenters. The van der Waals surface area contributed by atoms with Crippen molar-refractivity contribution in [3.05, 3.63) is 65.2 Å². The highest BCUT2D eigenvalue weighted by atomic mass is 32.1. The Balaban J connectivity index is 1.99. The molecule has 0 amide bonds. The van der Waals surface area contributed by atoms with Gasteiger partial charge in [-0.25, -0.2) is 4.79 Å². The van der Waals surface area contributed by atoms with Crippen LogP contribution < -0.4 is 10.6 Å². The van der Waals surface area contributed by atoms with Crippen LogP contribution in [0.25, 0.3) is 0 Å². The molecule has 0 radical (unpaired) electrons. The van der Waals surface area contributed by atoms with Crippen LogP contribution in [-0.4, -0.2) is 17.7 Å². The standard InChI is InChI=1S/C22H28N2O2S/c1-6-26-20(25)17-8-7-9-19(14-17)24-21(27)23-15(2)16-10-12-18(13-11-16)22(3,4)5/h7-15H,6H2,1-5H3,(H2,23,24,27). The number of rotatable bonds is 5. The summed E-state index contributed by atoms with van der Waals surface area (Å²) in [5.74, 6) is -0.340. The first-order valence-electron chi connectivity index (χ1n) is 9.16. The number of carbonyl (C=O) groups is 1. The Bertz CT molecular complexity index is 795. The lowest BCUT2D eigenvalue weighted by Gasteiger charge is -2.21. The molecule has 0 saturated carbocycles. The van der Waals surface area contributed by atoms with Gasteiger partial charge < -0.3 is 15.4 Å². The van der Waals surface area contributed by atoms with Crippen LogP contribution in [0.2, 0.25) is 0 Å². The zero-order chi connectivity index (χ0) is 20.0. The van der Waals surface area contributed by atoms with E-state index in [1.165, 1.54) is 5.56 Å². The zero-order valence-corrected chi connectivity index (χ0v) is 17.4. The van der Waals surface area contributed by atoms with Gasteiger partial charge in [0.05, 0.1) is 18.2 Å². The average Bonchev–Trinajstić information content (AvgIpc) is 2.61. The van der Waals surface area contributed by atoms with Gasteiger partial charge in [0.1, 0.15) is 0 Å². The lowest BCUT2D eigenvalue weighted by Crippen LogP contribution is -2.31. The van der Waals surface area contributed by atoms with Crippen molar-refractivity contribution in [3.8, 4) is 0 Å². The largest absolute Gasteiger partial charge is 0.462 e. The summed E-state index contributed by atoms with van der Waals surface area (Å²) < 4.78 is 5.03. The minimum Gasteiger partial charge on any atom is -0.462 e. The summed E-state index contributed by atoms with van der Waals surface area (Å²) in [6.45, 7) is 10.8. The van der Waals surface area contributed by atoms with Gasteiger partial charge in [-0.2, -0.15) is 0 Å². The predicted molar refractivity (Wildman–Crippen MR) is 115 cm³/mol. The molecule has 1 unspecified atom stereocenters. The van der Waals surface area contributed by atoms with Crippen LogP contribution in [0.4, 0.5) is 5.69 Å². The van der Waals surface area contributed by atoms with Crippen molar-refractivity contribution in [1.82, 2.24) is 5.32 Å². The molecule has 0 bridgehead atoms. The highest BCUT2D eigenvalue weighted by Gasteiger charge is 2.14. The maximum absolute atomic E-state index is 11.8. The van der Waals surface area contributed by atoms with E-state index in [4.69, 9.17) is 17.0 Å². The number of hydrogen-bond acceptors (Lipinski definition) is 3. The van der Waals surface area contributed by atoms with Crippen LogP contribution in [-0.2, 0) is 10.2 Å².